The lowest BCUT2D eigenvalue weighted by atomic mass is 10.1. The number of nitrogens with zero attached hydrogens (tertiary/aromatic N) is 4. The van der Waals surface area contributed by atoms with Gasteiger partial charge in [0.05, 0.1) is 26.2 Å². The number of hydrogen-bond donors (Lipinski definition) is 4. The lowest BCUT2D eigenvalue weighted by Crippen LogP contribution is -2.21. The molecule has 0 atom stereocenters. The van der Waals surface area contributed by atoms with Crippen molar-refractivity contribution in [1.29, 1.82) is 0 Å². The van der Waals surface area contributed by atoms with Crippen LogP contribution in [-0.2, 0) is 0 Å². The van der Waals surface area contributed by atoms with E-state index in [0.717, 1.165) is 11.1 Å². The molecule has 0 fully saturated rings. The van der Waals surface area contributed by atoms with Crippen LogP contribution >= 0.6 is 0 Å². The van der Waals surface area contributed by atoms with E-state index >= 15 is 0 Å². The van der Waals surface area contributed by atoms with E-state index in [-0.39, 0.29) is 11.5 Å². The molecule has 2 aromatic rings. The first-order valence-corrected chi connectivity index (χ1v) is 11.6. The van der Waals surface area contributed by atoms with E-state index in [9.17, 15) is 10.2 Å². The molecule has 4 N–H and O–H groups in total. The van der Waals surface area contributed by atoms with Crippen molar-refractivity contribution in [1.82, 2.24) is 10.6 Å². The highest BCUT2D eigenvalue weighted by molar-refractivity contribution is 5.93. The maximum absolute atomic E-state index is 10.6. The molecule has 0 amide bonds. The smallest absolute Gasteiger partial charge is 0.133 e. The maximum Gasteiger partial charge on any atom is 0.133 e. The van der Waals surface area contributed by atoms with E-state index in [4.69, 9.17) is 0 Å². The van der Waals surface area contributed by atoms with Crippen LogP contribution < -0.4 is 10.6 Å². The normalized spacial score (nSPS) is 20.1. The summed E-state index contributed by atoms with van der Waals surface area (Å²) in [5.74, 6) is 0.387. The first-order valence-electron chi connectivity index (χ1n) is 11.6. The Morgan fingerprint density at radius 2 is 0.794 bits per heavy atom. The summed E-state index contributed by atoms with van der Waals surface area (Å²) in [5, 5.41) is 27.7. The van der Waals surface area contributed by atoms with Gasteiger partial charge in [0.25, 0.3) is 0 Å². The summed E-state index contributed by atoms with van der Waals surface area (Å²) in [6.45, 7) is 9.16. The average molecular weight is 463 g/mol. The predicted molar refractivity (Wildman–Crippen MR) is 141 cm³/mol. The quantitative estimate of drug-likeness (QED) is 0.481. The van der Waals surface area contributed by atoms with Crippen LogP contribution in [0.2, 0.25) is 0 Å². The SMILES string of the molecule is Cc1cc2c(O)c(c1)/C=N/CCNCC/N=C/c1cc(C)cc(c1O)/C=N/CCNCC/N=C/2. The van der Waals surface area contributed by atoms with E-state index in [0.29, 0.717) is 74.6 Å². The first-order chi connectivity index (χ1) is 16.5. The summed E-state index contributed by atoms with van der Waals surface area (Å²) < 4.78 is 0. The highest BCUT2D eigenvalue weighted by atomic mass is 16.3. The Morgan fingerprint density at radius 1 is 0.529 bits per heavy atom. The zero-order chi connectivity index (χ0) is 24.2. The Kier molecular flexibility index (Phi) is 9.94. The number of hydrogen-bond acceptors (Lipinski definition) is 8. The summed E-state index contributed by atoms with van der Waals surface area (Å²) in [6.07, 6.45) is 6.83. The number of fused-ring (bicyclic) bond motifs is 4. The predicted octanol–water partition coefficient (Wildman–Crippen LogP) is 2.28. The summed E-state index contributed by atoms with van der Waals surface area (Å²) in [6, 6.07) is 7.65. The van der Waals surface area contributed by atoms with Gasteiger partial charge in [0, 0.05) is 73.3 Å². The van der Waals surface area contributed by atoms with Crippen molar-refractivity contribution in [2.24, 2.45) is 20.0 Å². The molecule has 1 aliphatic heterocycles. The van der Waals surface area contributed by atoms with Crippen LogP contribution in [0.1, 0.15) is 33.4 Å². The minimum absolute atomic E-state index is 0.193. The summed E-state index contributed by atoms with van der Waals surface area (Å²) in [4.78, 5) is 17.7. The molecule has 0 saturated carbocycles. The topological polar surface area (TPSA) is 114 Å². The Hall–Kier alpha value is -3.36. The number of nitrogens with one attached hydrogen (secondary N) is 2. The van der Waals surface area contributed by atoms with Gasteiger partial charge in [-0.3, -0.25) is 20.0 Å². The fraction of sp³-hybridized carbons (Fsp3) is 0.385. The Morgan fingerprint density at radius 3 is 1.06 bits per heavy atom. The standard InChI is InChI=1S/C26H34N6O2/c1-19-11-21-15-29-7-3-27-5-9-31-17-23-13-20(2)14-24(26(23)34)18-32-10-6-28-4-8-30-16-22(12-19)25(21)33/h11-18,27-28,33-34H,3-10H2,1-2H3/b29-15+,30-16+,31-17+,32-18+. The number of phenolic OH excluding ortho intramolecular Hbond substituents is 2. The van der Waals surface area contributed by atoms with Crippen molar-refractivity contribution < 1.29 is 10.2 Å². The zero-order valence-corrected chi connectivity index (χ0v) is 20.0. The Bertz CT molecular complexity index is 915. The third-order valence-electron chi connectivity index (χ3n) is 5.22. The molecule has 8 nitrogen and oxygen atoms in total. The van der Waals surface area contributed by atoms with Gasteiger partial charge >= 0.3 is 0 Å². The first kappa shape index (κ1) is 25.3. The molecule has 1 heterocycles. The zero-order valence-electron chi connectivity index (χ0n) is 20.0. The second kappa shape index (κ2) is 13.4. The van der Waals surface area contributed by atoms with Gasteiger partial charge in [-0.05, 0) is 49.2 Å². The molecule has 2 aromatic carbocycles. The van der Waals surface area contributed by atoms with Gasteiger partial charge in [0.15, 0.2) is 0 Å². The molecule has 1 aliphatic rings. The largest absolute Gasteiger partial charge is 0.507 e. The summed E-state index contributed by atoms with van der Waals surface area (Å²) in [7, 11) is 0. The molecule has 0 aliphatic carbocycles. The molecular formula is C26H34N6O2. The summed E-state index contributed by atoms with van der Waals surface area (Å²) in [5.41, 5.74) is 4.84. The molecule has 0 unspecified atom stereocenters. The van der Waals surface area contributed by atoms with Crippen LogP contribution in [0.15, 0.2) is 44.2 Å². The molecule has 0 radical (unpaired) electrons. The van der Waals surface area contributed by atoms with Crippen molar-refractivity contribution in [2.45, 2.75) is 13.8 Å². The number of rotatable bonds is 0. The summed E-state index contributed by atoms with van der Waals surface area (Å²) >= 11 is 0. The molecule has 0 saturated heterocycles. The van der Waals surface area contributed by atoms with Gasteiger partial charge in [0.2, 0.25) is 0 Å². The Balaban J connectivity index is 1.70. The minimum Gasteiger partial charge on any atom is -0.507 e. The fourth-order valence-electron chi connectivity index (χ4n) is 3.54. The maximum atomic E-state index is 10.6. The minimum atomic E-state index is 0.193. The second-order valence-corrected chi connectivity index (χ2v) is 8.23. The number of aliphatic imine (C=N–C) groups is 4. The van der Waals surface area contributed by atoms with E-state index in [1.54, 1.807) is 24.9 Å². The lowest BCUT2D eigenvalue weighted by Gasteiger charge is -2.07. The fourth-order valence-corrected chi connectivity index (χ4v) is 3.54. The molecular weight excluding hydrogens is 428 g/mol. The average Bonchev–Trinajstić information content (AvgIpc) is 2.81. The third kappa shape index (κ3) is 7.90. The van der Waals surface area contributed by atoms with Gasteiger partial charge in [-0.25, -0.2) is 0 Å². The molecule has 180 valence electrons. The highest BCUT2D eigenvalue weighted by Gasteiger charge is 2.07. The number of phenols is 2. The van der Waals surface area contributed by atoms with Crippen molar-refractivity contribution >= 4 is 24.9 Å². The second-order valence-electron chi connectivity index (χ2n) is 8.23. The molecule has 34 heavy (non-hydrogen) atoms. The number of aryl methyl sites for hydroxylation is 2. The van der Waals surface area contributed by atoms with Crippen LogP contribution in [0.4, 0.5) is 0 Å². The van der Waals surface area contributed by atoms with Gasteiger partial charge < -0.3 is 20.8 Å². The molecule has 8 heteroatoms. The van der Waals surface area contributed by atoms with Crippen LogP contribution in [0.5, 0.6) is 11.5 Å². The van der Waals surface area contributed by atoms with E-state index in [1.807, 2.05) is 38.1 Å². The lowest BCUT2D eigenvalue weighted by molar-refractivity contribution is 0.473. The van der Waals surface area contributed by atoms with Crippen LogP contribution in [0.25, 0.3) is 0 Å². The van der Waals surface area contributed by atoms with Gasteiger partial charge in [-0.1, -0.05) is 0 Å². The third-order valence-corrected chi connectivity index (χ3v) is 5.22. The van der Waals surface area contributed by atoms with Crippen molar-refractivity contribution in [3.8, 4) is 11.5 Å². The van der Waals surface area contributed by atoms with Crippen molar-refractivity contribution in [3.05, 3.63) is 57.6 Å². The number of aromatic hydroxyl groups is 2. The monoisotopic (exact) mass is 462 g/mol. The van der Waals surface area contributed by atoms with Gasteiger partial charge in [0.1, 0.15) is 11.5 Å². The van der Waals surface area contributed by atoms with Gasteiger partial charge in [-0.15, -0.1) is 0 Å². The van der Waals surface area contributed by atoms with E-state index in [2.05, 4.69) is 30.6 Å². The number of benzene rings is 2. The van der Waals surface area contributed by atoms with Crippen molar-refractivity contribution in [2.75, 3.05) is 52.4 Å². The molecule has 0 aromatic heterocycles. The van der Waals surface area contributed by atoms with E-state index < -0.39 is 0 Å². The van der Waals surface area contributed by atoms with Crippen LogP contribution in [-0.4, -0.2) is 87.4 Å². The molecule has 4 bridgehead atoms. The Labute approximate surface area is 201 Å². The molecule has 3 rings (SSSR count). The van der Waals surface area contributed by atoms with Crippen LogP contribution in [0.3, 0.4) is 0 Å². The van der Waals surface area contributed by atoms with Crippen LogP contribution in [0, 0.1) is 13.8 Å². The molecule has 0 spiro atoms. The van der Waals surface area contributed by atoms with Gasteiger partial charge in [-0.2, -0.15) is 0 Å². The van der Waals surface area contributed by atoms with E-state index in [1.165, 1.54) is 0 Å². The highest BCUT2D eigenvalue weighted by Crippen LogP contribution is 2.23. The van der Waals surface area contributed by atoms with Crippen molar-refractivity contribution in [3.63, 3.8) is 0 Å².